The summed E-state index contributed by atoms with van der Waals surface area (Å²) in [4.78, 5) is 21.3. The number of hydrogen-bond donors (Lipinski definition) is 1. The average Bonchev–Trinajstić information content (AvgIpc) is 3.19. The van der Waals surface area contributed by atoms with Crippen molar-refractivity contribution >= 4 is 47.8 Å². The van der Waals surface area contributed by atoms with Crippen molar-refractivity contribution in [3.8, 4) is 0 Å². The minimum atomic E-state index is -0.898. The lowest BCUT2D eigenvalue weighted by atomic mass is 9.95. The fraction of sp³-hybridized carbons (Fsp3) is 0.440. The molecule has 1 aliphatic carbocycles. The zero-order valence-electron chi connectivity index (χ0n) is 18.7. The first-order chi connectivity index (χ1) is 15.2. The average molecular weight is 491 g/mol. The van der Waals surface area contributed by atoms with Gasteiger partial charge >= 0.3 is 5.97 Å². The van der Waals surface area contributed by atoms with Crippen molar-refractivity contribution < 1.29 is 9.90 Å². The minimum Gasteiger partial charge on any atom is -0.478 e. The van der Waals surface area contributed by atoms with Crippen molar-refractivity contribution in [1.82, 2.24) is 14.5 Å². The van der Waals surface area contributed by atoms with Gasteiger partial charge in [-0.05, 0) is 36.6 Å². The molecule has 5 rings (SSSR count). The minimum absolute atomic E-state index is 0. The molecular formula is C25H32Cl2N4O2. The molecule has 33 heavy (non-hydrogen) atoms. The third-order valence-corrected chi connectivity index (χ3v) is 6.76. The van der Waals surface area contributed by atoms with Crippen molar-refractivity contribution in [2.45, 2.75) is 44.7 Å². The molecule has 1 saturated carbocycles. The lowest BCUT2D eigenvalue weighted by Gasteiger charge is -2.37. The van der Waals surface area contributed by atoms with E-state index in [2.05, 4.69) is 44.7 Å². The van der Waals surface area contributed by atoms with Crippen molar-refractivity contribution in [3.63, 3.8) is 0 Å². The predicted molar refractivity (Wildman–Crippen MR) is 137 cm³/mol. The van der Waals surface area contributed by atoms with Crippen molar-refractivity contribution in [1.29, 1.82) is 0 Å². The summed E-state index contributed by atoms with van der Waals surface area (Å²) < 4.78 is 2.41. The Kier molecular flexibility index (Phi) is 8.63. The molecule has 1 saturated heterocycles. The molecule has 2 fully saturated rings. The number of rotatable bonds is 5. The number of carbonyl (C=O) groups is 1. The summed E-state index contributed by atoms with van der Waals surface area (Å²) in [6.07, 6.45) is 6.16. The van der Waals surface area contributed by atoms with Gasteiger partial charge in [0.15, 0.2) is 0 Å². The van der Waals surface area contributed by atoms with E-state index in [9.17, 15) is 9.90 Å². The fourth-order valence-electron chi connectivity index (χ4n) is 5.09. The summed E-state index contributed by atoms with van der Waals surface area (Å²) in [5, 5.41) is 9.42. The Balaban J connectivity index is 0.00000153. The number of carboxylic acid groups (broad SMARTS) is 1. The summed E-state index contributed by atoms with van der Waals surface area (Å²) in [5.74, 6) is 0.119. The number of benzene rings is 2. The molecule has 1 N–H and O–H groups in total. The molecule has 0 amide bonds. The fourth-order valence-corrected chi connectivity index (χ4v) is 5.09. The Hall–Kier alpha value is -2.28. The van der Waals surface area contributed by atoms with Crippen LogP contribution in [0.25, 0.3) is 11.0 Å². The molecule has 3 aromatic rings. The van der Waals surface area contributed by atoms with E-state index in [4.69, 9.17) is 4.98 Å². The molecule has 178 valence electrons. The highest BCUT2D eigenvalue weighted by Crippen LogP contribution is 2.36. The van der Waals surface area contributed by atoms with Crippen LogP contribution in [0.2, 0.25) is 0 Å². The number of piperazine rings is 1. The zero-order valence-corrected chi connectivity index (χ0v) is 20.4. The number of fused-ring (bicyclic) bond motifs is 1. The van der Waals surface area contributed by atoms with Gasteiger partial charge in [0.05, 0.1) is 16.6 Å². The van der Waals surface area contributed by atoms with Gasteiger partial charge in [-0.3, -0.25) is 4.90 Å². The Morgan fingerprint density at radius 2 is 1.64 bits per heavy atom. The highest BCUT2D eigenvalue weighted by Gasteiger charge is 2.27. The molecule has 0 spiro atoms. The summed E-state index contributed by atoms with van der Waals surface area (Å²) in [6, 6.07) is 16.5. The van der Waals surface area contributed by atoms with Crippen LogP contribution in [0.1, 0.15) is 54.1 Å². The third-order valence-electron chi connectivity index (χ3n) is 6.76. The van der Waals surface area contributed by atoms with E-state index in [0.29, 0.717) is 11.6 Å². The van der Waals surface area contributed by atoms with Crippen LogP contribution in [0, 0.1) is 0 Å². The van der Waals surface area contributed by atoms with Gasteiger partial charge in [-0.15, -0.1) is 24.8 Å². The normalized spacial score (nSPS) is 17.4. The lowest BCUT2D eigenvalue weighted by Crippen LogP contribution is -2.47. The summed E-state index contributed by atoms with van der Waals surface area (Å²) in [7, 11) is 0. The van der Waals surface area contributed by atoms with E-state index in [1.807, 2.05) is 6.07 Å². The highest BCUT2D eigenvalue weighted by atomic mass is 35.5. The smallest absolute Gasteiger partial charge is 0.335 e. The molecule has 8 heteroatoms. The summed E-state index contributed by atoms with van der Waals surface area (Å²) >= 11 is 0. The van der Waals surface area contributed by atoms with Gasteiger partial charge < -0.3 is 14.6 Å². The number of nitrogens with zero attached hydrogens (tertiary/aromatic N) is 4. The standard InChI is InChI=1S/C25H30N4O2.2ClH/c30-24(31)20-11-12-23-22(17-20)26-25(29(23)21-9-5-2-6-10-21)28-15-13-27(14-16-28)18-19-7-3-1-4-8-19;;/h1,3-4,7-8,11-12,17,21H,2,5-6,9-10,13-16,18H2,(H,30,31);2*1H. The molecule has 2 aromatic carbocycles. The SMILES string of the molecule is Cl.Cl.O=C(O)c1ccc2c(c1)nc(N1CCN(Cc3ccccc3)CC1)n2C1CCCCC1. The van der Waals surface area contributed by atoms with E-state index in [0.717, 1.165) is 49.7 Å². The Bertz CT molecular complexity index is 1060. The van der Waals surface area contributed by atoms with E-state index in [1.165, 1.54) is 37.7 Å². The molecule has 1 aliphatic heterocycles. The number of aromatic carboxylic acids is 1. The van der Waals surface area contributed by atoms with Crippen molar-refractivity contribution in [3.05, 3.63) is 59.7 Å². The second kappa shape index (κ2) is 11.2. The maximum atomic E-state index is 11.5. The molecule has 0 atom stereocenters. The van der Waals surface area contributed by atoms with Crippen LogP contribution in [-0.4, -0.2) is 51.7 Å². The third kappa shape index (κ3) is 5.45. The molecular weight excluding hydrogens is 459 g/mol. The topological polar surface area (TPSA) is 61.6 Å². The monoisotopic (exact) mass is 490 g/mol. The van der Waals surface area contributed by atoms with Gasteiger partial charge in [-0.1, -0.05) is 49.6 Å². The Morgan fingerprint density at radius 1 is 0.939 bits per heavy atom. The molecule has 0 radical (unpaired) electrons. The zero-order chi connectivity index (χ0) is 21.2. The quantitative estimate of drug-likeness (QED) is 0.518. The van der Waals surface area contributed by atoms with Crippen LogP contribution in [0.15, 0.2) is 48.5 Å². The number of imidazole rings is 1. The molecule has 0 unspecified atom stereocenters. The lowest BCUT2D eigenvalue weighted by molar-refractivity contribution is 0.0697. The first kappa shape index (κ1) is 25.3. The van der Waals surface area contributed by atoms with E-state index >= 15 is 0 Å². The number of anilines is 1. The molecule has 6 nitrogen and oxygen atoms in total. The molecule has 2 aliphatic rings. The van der Waals surface area contributed by atoms with Crippen LogP contribution in [0.3, 0.4) is 0 Å². The van der Waals surface area contributed by atoms with E-state index in [1.54, 1.807) is 12.1 Å². The van der Waals surface area contributed by atoms with E-state index in [-0.39, 0.29) is 24.8 Å². The van der Waals surface area contributed by atoms with Gasteiger partial charge in [-0.25, -0.2) is 9.78 Å². The number of aromatic nitrogens is 2. The van der Waals surface area contributed by atoms with Crippen LogP contribution in [-0.2, 0) is 6.54 Å². The second-order valence-electron chi connectivity index (χ2n) is 8.83. The Morgan fingerprint density at radius 3 is 2.30 bits per heavy atom. The predicted octanol–water partition coefficient (Wildman–Crippen LogP) is 5.41. The van der Waals surface area contributed by atoms with Crippen LogP contribution >= 0.6 is 24.8 Å². The van der Waals surface area contributed by atoms with Crippen molar-refractivity contribution in [2.24, 2.45) is 0 Å². The Labute approximate surface area is 207 Å². The highest BCUT2D eigenvalue weighted by molar-refractivity contribution is 5.93. The second-order valence-corrected chi connectivity index (χ2v) is 8.83. The largest absolute Gasteiger partial charge is 0.478 e. The van der Waals surface area contributed by atoms with Gasteiger partial charge in [0.1, 0.15) is 0 Å². The number of halogens is 2. The summed E-state index contributed by atoms with van der Waals surface area (Å²) in [6.45, 7) is 4.87. The first-order valence-electron chi connectivity index (χ1n) is 11.5. The molecule has 1 aromatic heterocycles. The van der Waals surface area contributed by atoms with Crippen LogP contribution in [0.4, 0.5) is 5.95 Å². The molecule has 2 heterocycles. The molecule has 0 bridgehead atoms. The summed E-state index contributed by atoms with van der Waals surface area (Å²) in [5.41, 5.74) is 3.53. The van der Waals surface area contributed by atoms with Crippen molar-refractivity contribution in [2.75, 3.05) is 31.1 Å². The van der Waals surface area contributed by atoms with Gasteiger partial charge in [0.2, 0.25) is 5.95 Å². The van der Waals surface area contributed by atoms with Gasteiger partial charge in [0.25, 0.3) is 0 Å². The number of hydrogen-bond acceptors (Lipinski definition) is 4. The maximum absolute atomic E-state index is 11.5. The first-order valence-corrected chi connectivity index (χ1v) is 11.5. The van der Waals surface area contributed by atoms with E-state index < -0.39 is 5.97 Å². The van der Waals surface area contributed by atoms with Crippen LogP contribution in [0.5, 0.6) is 0 Å². The van der Waals surface area contributed by atoms with Crippen LogP contribution < -0.4 is 4.90 Å². The number of carboxylic acids is 1. The van der Waals surface area contributed by atoms with Gasteiger partial charge in [0, 0.05) is 38.8 Å². The maximum Gasteiger partial charge on any atom is 0.335 e. The van der Waals surface area contributed by atoms with Gasteiger partial charge in [-0.2, -0.15) is 0 Å².